The zero-order valence-electron chi connectivity index (χ0n) is 20.4. The molecule has 10 nitrogen and oxygen atoms in total. The monoisotopic (exact) mass is 544 g/mol. The molecule has 0 saturated heterocycles. The molecule has 1 amide bonds. The molecule has 0 bridgehead atoms. The van der Waals surface area contributed by atoms with Crippen molar-refractivity contribution < 1.29 is 27.1 Å². The van der Waals surface area contributed by atoms with E-state index in [-0.39, 0.29) is 34.8 Å². The van der Waals surface area contributed by atoms with Crippen LogP contribution >= 0.6 is 0 Å². The number of benzene rings is 1. The number of amides is 1. The molecule has 204 valence electrons. The molecule has 1 saturated carbocycles. The van der Waals surface area contributed by atoms with Crippen LogP contribution in [0.5, 0.6) is 5.75 Å². The Morgan fingerprint density at radius 2 is 1.87 bits per heavy atom. The van der Waals surface area contributed by atoms with Crippen LogP contribution in [0, 0.1) is 5.82 Å². The van der Waals surface area contributed by atoms with Crippen molar-refractivity contribution >= 4 is 34.4 Å². The van der Waals surface area contributed by atoms with Crippen molar-refractivity contribution in [2.45, 2.75) is 44.1 Å². The standard InChI is InChI=1S/C25H24F4N8O2/c26-18-12-31-9-8-19(18)35-24(38)21-13-32-23-20(33-16-2-1-3-17(10-16)39-25(27,28)29)11-22(36-37(21)23)34-15-6-4-14(30)5-7-15/h1-3,8-15,33H,4-7,30H2,(H,34,36)(H,31,35,38)/t14-,15-. The summed E-state index contributed by atoms with van der Waals surface area (Å²) in [5.74, 6) is -1.39. The number of ether oxygens (including phenoxy) is 1. The molecule has 0 atom stereocenters. The predicted molar refractivity (Wildman–Crippen MR) is 135 cm³/mol. The molecule has 3 aromatic heterocycles. The minimum absolute atomic E-state index is 0.00716. The number of hydrogen-bond acceptors (Lipinski definition) is 8. The number of carbonyl (C=O) groups is 1. The first-order valence-corrected chi connectivity index (χ1v) is 12.1. The number of rotatable bonds is 7. The summed E-state index contributed by atoms with van der Waals surface area (Å²) in [7, 11) is 0. The predicted octanol–water partition coefficient (Wildman–Crippen LogP) is 4.84. The van der Waals surface area contributed by atoms with E-state index in [1.54, 1.807) is 12.1 Å². The van der Waals surface area contributed by atoms with Gasteiger partial charge in [0.2, 0.25) is 0 Å². The third-order valence-electron chi connectivity index (χ3n) is 6.19. The van der Waals surface area contributed by atoms with Gasteiger partial charge in [-0.25, -0.2) is 13.9 Å². The maximum absolute atomic E-state index is 14.1. The Kier molecular flexibility index (Phi) is 7.19. The van der Waals surface area contributed by atoms with Gasteiger partial charge in [-0.05, 0) is 43.9 Å². The number of nitrogens with one attached hydrogen (secondary N) is 3. The zero-order chi connectivity index (χ0) is 27.6. The number of anilines is 4. The van der Waals surface area contributed by atoms with Crippen molar-refractivity contribution in [2.24, 2.45) is 5.73 Å². The van der Waals surface area contributed by atoms with Crippen LogP contribution in [0.25, 0.3) is 5.65 Å². The number of aromatic nitrogens is 4. The van der Waals surface area contributed by atoms with Crippen LogP contribution in [0.3, 0.4) is 0 Å². The number of pyridine rings is 1. The van der Waals surface area contributed by atoms with Gasteiger partial charge in [-0.3, -0.25) is 9.78 Å². The molecule has 1 aromatic carbocycles. The zero-order valence-corrected chi connectivity index (χ0v) is 20.4. The Hall–Kier alpha value is -4.46. The minimum Gasteiger partial charge on any atom is -0.406 e. The second kappa shape index (κ2) is 10.7. The maximum atomic E-state index is 14.1. The Morgan fingerprint density at radius 1 is 1.08 bits per heavy atom. The van der Waals surface area contributed by atoms with Gasteiger partial charge in [0.15, 0.2) is 17.2 Å². The molecule has 1 aliphatic rings. The van der Waals surface area contributed by atoms with Gasteiger partial charge in [-0.15, -0.1) is 18.3 Å². The molecule has 0 unspecified atom stereocenters. The fraction of sp³-hybridized carbons (Fsp3) is 0.280. The molecule has 0 aliphatic heterocycles. The van der Waals surface area contributed by atoms with Gasteiger partial charge < -0.3 is 26.4 Å². The first-order valence-electron chi connectivity index (χ1n) is 12.1. The molecule has 3 heterocycles. The van der Waals surface area contributed by atoms with Crippen LogP contribution < -0.4 is 26.4 Å². The number of imidazole rings is 1. The molecule has 1 aliphatic carbocycles. The first-order chi connectivity index (χ1) is 18.6. The van der Waals surface area contributed by atoms with E-state index < -0.39 is 23.8 Å². The number of carbonyl (C=O) groups excluding carboxylic acids is 1. The van der Waals surface area contributed by atoms with E-state index in [0.29, 0.717) is 11.5 Å². The highest BCUT2D eigenvalue weighted by Gasteiger charge is 2.31. The van der Waals surface area contributed by atoms with E-state index >= 15 is 0 Å². The number of halogens is 4. The largest absolute Gasteiger partial charge is 0.573 e. The second-order valence-corrected chi connectivity index (χ2v) is 9.09. The van der Waals surface area contributed by atoms with Crippen LogP contribution in [0.15, 0.2) is 55.0 Å². The average molecular weight is 545 g/mol. The van der Waals surface area contributed by atoms with E-state index in [0.717, 1.165) is 31.9 Å². The third kappa shape index (κ3) is 6.34. The summed E-state index contributed by atoms with van der Waals surface area (Å²) in [6, 6.07) is 8.50. The summed E-state index contributed by atoms with van der Waals surface area (Å²) >= 11 is 0. The van der Waals surface area contributed by atoms with E-state index in [9.17, 15) is 22.4 Å². The number of fused-ring (bicyclic) bond motifs is 1. The van der Waals surface area contributed by atoms with Crippen molar-refractivity contribution in [3.05, 3.63) is 66.5 Å². The number of hydrogen-bond donors (Lipinski definition) is 4. The fourth-order valence-corrected chi connectivity index (χ4v) is 4.35. The Balaban J connectivity index is 1.49. The van der Waals surface area contributed by atoms with E-state index in [2.05, 4.69) is 35.8 Å². The second-order valence-electron chi connectivity index (χ2n) is 9.09. The van der Waals surface area contributed by atoms with Gasteiger partial charge in [-0.2, -0.15) is 0 Å². The van der Waals surface area contributed by atoms with Crippen LogP contribution in [0.4, 0.5) is 40.4 Å². The summed E-state index contributed by atoms with van der Waals surface area (Å²) in [6.45, 7) is 0. The summed E-state index contributed by atoms with van der Waals surface area (Å²) in [5, 5.41) is 13.4. The lowest BCUT2D eigenvalue weighted by Gasteiger charge is -2.27. The Labute approximate surface area is 219 Å². The maximum Gasteiger partial charge on any atom is 0.573 e. The van der Waals surface area contributed by atoms with E-state index in [1.165, 1.54) is 41.2 Å². The highest BCUT2D eigenvalue weighted by molar-refractivity contribution is 6.03. The summed E-state index contributed by atoms with van der Waals surface area (Å²) in [4.78, 5) is 21.0. The normalized spacial score (nSPS) is 17.6. The summed E-state index contributed by atoms with van der Waals surface area (Å²) in [6.07, 6.45) is 2.05. The van der Waals surface area contributed by atoms with Crippen LogP contribution in [-0.4, -0.2) is 43.9 Å². The molecule has 5 rings (SSSR count). The van der Waals surface area contributed by atoms with Crippen molar-refractivity contribution in [2.75, 3.05) is 16.0 Å². The molecule has 0 spiro atoms. The molecule has 4 aromatic rings. The van der Waals surface area contributed by atoms with Gasteiger partial charge in [0.25, 0.3) is 5.91 Å². The number of alkyl halides is 3. The number of nitrogens with zero attached hydrogens (tertiary/aromatic N) is 4. The minimum atomic E-state index is -4.85. The third-order valence-corrected chi connectivity index (χ3v) is 6.19. The van der Waals surface area contributed by atoms with E-state index in [4.69, 9.17) is 5.73 Å². The lowest BCUT2D eigenvalue weighted by Crippen LogP contribution is -2.33. The van der Waals surface area contributed by atoms with Gasteiger partial charge in [0, 0.05) is 36.1 Å². The average Bonchev–Trinajstić information content (AvgIpc) is 3.30. The number of nitrogens with two attached hydrogens (primary N) is 1. The summed E-state index contributed by atoms with van der Waals surface area (Å²) in [5.41, 5.74) is 6.81. The highest BCUT2D eigenvalue weighted by atomic mass is 19.4. The van der Waals surface area contributed by atoms with Crippen LogP contribution in [0.1, 0.15) is 36.2 Å². The summed E-state index contributed by atoms with van der Waals surface area (Å²) < 4.78 is 57.5. The Bertz CT molecular complexity index is 1480. The van der Waals surface area contributed by atoms with Crippen LogP contribution in [-0.2, 0) is 0 Å². The molecule has 5 N–H and O–H groups in total. The fourth-order valence-electron chi connectivity index (χ4n) is 4.35. The van der Waals surface area contributed by atoms with Crippen molar-refractivity contribution in [3.63, 3.8) is 0 Å². The lowest BCUT2D eigenvalue weighted by atomic mass is 9.92. The molecular weight excluding hydrogens is 520 g/mol. The first kappa shape index (κ1) is 26.2. The van der Waals surface area contributed by atoms with Crippen LogP contribution in [0.2, 0.25) is 0 Å². The molecule has 0 radical (unpaired) electrons. The van der Waals surface area contributed by atoms with Gasteiger partial charge in [-0.1, -0.05) is 6.07 Å². The molecular formula is C25H24F4N8O2. The SMILES string of the molecule is N[C@H]1CC[C@H](Nc2cc(Nc3cccc(OC(F)(F)F)c3)c3ncc(C(=O)Nc4ccncc4F)n3n2)CC1. The topological polar surface area (TPSA) is 131 Å². The van der Waals surface area contributed by atoms with Gasteiger partial charge in [0.1, 0.15) is 11.6 Å². The molecule has 39 heavy (non-hydrogen) atoms. The smallest absolute Gasteiger partial charge is 0.406 e. The lowest BCUT2D eigenvalue weighted by molar-refractivity contribution is -0.274. The molecule has 1 fully saturated rings. The van der Waals surface area contributed by atoms with Gasteiger partial charge >= 0.3 is 6.36 Å². The van der Waals surface area contributed by atoms with Crippen molar-refractivity contribution in [1.82, 2.24) is 19.6 Å². The highest BCUT2D eigenvalue weighted by Crippen LogP contribution is 2.30. The van der Waals surface area contributed by atoms with E-state index in [1.807, 2.05) is 0 Å². The van der Waals surface area contributed by atoms with Crippen molar-refractivity contribution in [1.29, 1.82) is 0 Å². The Morgan fingerprint density at radius 3 is 2.62 bits per heavy atom. The van der Waals surface area contributed by atoms with Gasteiger partial charge in [0.05, 0.1) is 23.8 Å². The quantitative estimate of drug-likeness (QED) is 0.243. The molecule has 14 heteroatoms. The van der Waals surface area contributed by atoms with Crippen molar-refractivity contribution in [3.8, 4) is 5.75 Å².